The van der Waals surface area contributed by atoms with Crippen molar-refractivity contribution < 1.29 is 9.63 Å². The van der Waals surface area contributed by atoms with Gasteiger partial charge in [-0.15, -0.1) is 0 Å². The number of urea groups is 1. The number of para-hydroxylation sites is 1. The number of aryl methyl sites for hydroxylation is 1. The fraction of sp³-hybridized carbons (Fsp3) is 0.278. The van der Waals surface area contributed by atoms with Crippen molar-refractivity contribution in [2.24, 2.45) is 0 Å². The number of anilines is 1. The Morgan fingerprint density at radius 3 is 2.42 bits per heavy atom. The van der Waals surface area contributed by atoms with Crippen molar-refractivity contribution in [2.75, 3.05) is 25.6 Å². The first-order valence-corrected chi connectivity index (χ1v) is 8.37. The molecule has 0 fully saturated rings. The standard InChI is InChI=1S/C18H20Cl2N2O2/c1-21(24-2)18(23)22(15-8-4-3-5-9-15)12-6-7-14-10-11-16(19)17(20)13-14/h3-5,8-11,13H,6-7,12H2,1-2H3. The molecular weight excluding hydrogens is 347 g/mol. The summed E-state index contributed by atoms with van der Waals surface area (Å²) in [4.78, 5) is 19.2. The number of carbonyl (C=O) groups is 1. The second kappa shape index (κ2) is 8.92. The molecule has 0 unspecified atom stereocenters. The average molecular weight is 367 g/mol. The molecule has 0 saturated heterocycles. The zero-order valence-corrected chi connectivity index (χ0v) is 15.2. The fourth-order valence-corrected chi connectivity index (χ4v) is 2.65. The number of rotatable bonds is 6. The third-order valence-corrected chi connectivity index (χ3v) is 4.41. The highest BCUT2D eigenvalue weighted by molar-refractivity contribution is 6.42. The van der Waals surface area contributed by atoms with E-state index in [9.17, 15) is 4.79 Å². The number of benzene rings is 2. The summed E-state index contributed by atoms with van der Waals surface area (Å²) in [5.74, 6) is 0. The normalized spacial score (nSPS) is 10.5. The molecule has 0 heterocycles. The van der Waals surface area contributed by atoms with Gasteiger partial charge in [0.1, 0.15) is 0 Å². The summed E-state index contributed by atoms with van der Waals surface area (Å²) < 4.78 is 0. The number of amides is 2. The number of hydroxylamine groups is 2. The van der Waals surface area contributed by atoms with Crippen molar-refractivity contribution in [3.05, 3.63) is 64.1 Å². The van der Waals surface area contributed by atoms with Gasteiger partial charge in [-0.05, 0) is 42.7 Å². The van der Waals surface area contributed by atoms with Crippen molar-refractivity contribution in [1.82, 2.24) is 5.06 Å². The molecule has 0 radical (unpaired) electrons. The molecule has 2 aromatic rings. The molecule has 2 aromatic carbocycles. The minimum Gasteiger partial charge on any atom is -0.293 e. The first-order valence-electron chi connectivity index (χ1n) is 7.61. The number of hydrogen-bond donors (Lipinski definition) is 0. The van der Waals surface area contributed by atoms with Gasteiger partial charge in [-0.25, -0.2) is 9.86 Å². The lowest BCUT2D eigenvalue weighted by molar-refractivity contribution is -0.0622. The summed E-state index contributed by atoms with van der Waals surface area (Å²) in [6.07, 6.45) is 1.58. The molecule has 0 aliphatic carbocycles. The van der Waals surface area contributed by atoms with Crippen LogP contribution in [0, 0.1) is 0 Å². The third-order valence-electron chi connectivity index (χ3n) is 3.67. The van der Waals surface area contributed by atoms with E-state index in [1.54, 1.807) is 18.0 Å². The van der Waals surface area contributed by atoms with E-state index in [-0.39, 0.29) is 6.03 Å². The Kier molecular flexibility index (Phi) is 6.91. The van der Waals surface area contributed by atoms with E-state index in [4.69, 9.17) is 28.0 Å². The van der Waals surface area contributed by atoms with Crippen molar-refractivity contribution in [3.63, 3.8) is 0 Å². The fourth-order valence-electron chi connectivity index (χ4n) is 2.33. The van der Waals surface area contributed by atoms with Gasteiger partial charge < -0.3 is 0 Å². The summed E-state index contributed by atoms with van der Waals surface area (Å²) in [5.41, 5.74) is 1.92. The molecule has 2 amide bonds. The summed E-state index contributed by atoms with van der Waals surface area (Å²) in [6, 6.07) is 14.9. The monoisotopic (exact) mass is 366 g/mol. The summed E-state index contributed by atoms with van der Waals surface area (Å²) in [6.45, 7) is 0.566. The Hall–Kier alpha value is -1.75. The summed E-state index contributed by atoms with van der Waals surface area (Å²) in [5, 5.41) is 2.30. The SMILES string of the molecule is CON(C)C(=O)N(CCCc1ccc(Cl)c(Cl)c1)c1ccccc1. The maximum absolute atomic E-state index is 12.5. The second-order valence-corrected chi connectivity index (χ2v) is 6.12. The van der Waals surface area contributed by atoms with Crippen LogP contribution in [0.5, 0.6) is 0 Å². The van der Waals surface area contributed by atoms with Gasteiger partial charge in [-0.3, -0.25) is 9.74 Å². The zero-order chi connectivity index (χ0) is 17.5. The number of halogens is 2. The van der Waals surface area contributed by atoms with Crippen LogP contribution >= 0.6 is 23.2 Å². The Labute approximate surface area is 152 Å². The molecule has 0 aliphatic rings. The predicted molar refractivity (Wildman–Crippen MR) is 98.7 cm³/mol. The lowest BCUT2D eigenvalue weighted by Crippen LogP contribution is -2.41. The van der Waals surface area contributed by atoms with Crippen molar-refractivity contribution in [1.29, 1.82) is 0 Å². The Bertz CT molecular complexity index is 680. The van der Waals surface area contributed by atoms with Crippen LogP contribution in [-0.2, 0) is 11.3 Å². The smallest absolute Gasteiger partial charge is 0.293 e. The van der Waals surface area contributed by atoms with Crippen LogP contribution in [0.4, 0.5) is 10.5 Å². The molecule has 0 spiro atoms. The molecule has 0 N–H and O–H groups in total. The van der Waals surface area contributed by atoms with Crippen LogP contribution in [0.15, 0.2) is 48.5 Å². The molecule has 4 nitrogen and oxygen atoms in total. The highest BCUT2D eigenvalue weighted by Gasteiger charge is 2.19. The third kappa shape index (κ3) is 4.87. The highest BCUT2D eigenvalue weighted by Crippen LogP contribution is 2.23. The Balaban J connectivity index is 2.05. The molecule has 128 valence electrons. The quantitative estimate of drug-likeness (QED) is 0.670. The molecular formula is C18H20Cl2N2O2. The minimum atomic E-state index is -0.210. The molecule has 0 saturated carbocycles. The van der Waals surface area contributed by atoms with Gasteiger partial charge in [0.15, 0.2) is 0 Å². The lowest BCUT2D eigenvalue weighted by atomic mass is 10.1. The molecule has 2 rings (SSSR count). The maximum Gasteiger partial charge on any atom is 0.348 e. The van der Waals surface area contributed by atoms with Crippen molar-refractivity contribution in [2.45, 2.75) is 12.8 Å². The molecule has 0 atom stereocenters. The van der Waals surface area contributed by atoms with Crippen LogP contribution in [0.2, 0.25) is 10.0 Å². The minimum absolute atomic E-state index is 0.210. The van der Waals surface area contributed by atoms with Gasteiger partial charge in [0.05, 0.1) is 17.2 Å². The molecule has 0 aliphatic heterocycles. The second-order valence-electron chi connectivity index (χ2n) is 5.30. The van der Waals surface area contributed by atoms with Crippen LogP contribution in [0.3, 0.4) is 0 Å². The van der Waals surface area contributed by atoms with Crippen LogP contribution in [0.25, 0.3) is 0 Å². The van der Waals surface area contributed by atoms with Gasteiger partial charge >= 0.3 is 6.03 Å². The molecule has 24 heavy (non-hydrogen) atoms. The number of nitrogens with zero attached hydrogens (tertiary/aromatic N) is 2. The van der Waals surface area contributed by atoms with Crippen molar-refractivity contribution >= 4 is 34.9 Å². The maximum atomic E-state index is 12.5. The first-order chi connectivity index (χ1) is 11.5. The van der Waals surface area contributed by atoms with E-state index in [0.29, 0.717) is 16.6 Å². The largest absolute Gasteiger partial charge is 0.348 e. The van der Waals surface area contributed by atoms with E-state index in [2.05, 4.69) is 0 Å². The van der Waals surface area contributed by atoms with Gasteiger partial charge in [-0.2, -0.15) is 0 Å². The van der Waals surface area contributed by atoms with Crippen LogP contribution in [0.1, 0.15) is 12.0 Å². The topological polar surface area (TPSA) is 32.8 Å². The van der Waals surface area contributed by atoms with Gasteiger partial charge in [0.25, 0.3) is 0 Å². The number of hydrogen-bond acceptors (Lipinski definition) is 2. The summed E-state index contributed by atoms with van der Waals surface area (Å²) >= 11 is 12.0. The van der Waals surface area contributed by atoms with Crippen LogP contribution in [-0.4, -0.2) is 31.8 Å². The van der Waals surface area contributed by atoms with Gasteiger partial charge in [0, 0.05) is 19.3 Å². The average Bonchev–Trinajstić information content (AvgIpc) is 2.61. The first kappa shape index (κ1) is 18.6. The van der Waals surface area contributed by atoms with Crippen LogP contribution < -0.4 is 4.90 Å². The van der Waals surface area contributed by atoms with E-state index in [0.717, 1.165) is 24.1 Å². The van der Waals surface area contributed by atoms with E-state index in [1.165, 1.54) is 12.2 Å². The van der Waals surface area contributed by atoms with E-state index < -0.39 is 0 Å². The predicted octanol–water partition coefficient (Wildman–Crippen LogP) is 5.05. The molecule has 0 bridgehead atoms. The Morgan fingerprint density at radius 2 is 1.79 bits per heavy atom. The lowest BCUT2D eigenvalue weighted by Gasteiger charge is -2.27. The molecule has 0 aromatic heterocycles. The van der Waals surface area contributed by atoms with Gasteiger partial charge in [-0.1, -0.05) is 47.5 Å². The Morgan fingerprint density at radius 1 is 1.08 bits per heavy atom. The van der Waals surface area contributed by atoms with Gasteiger partial charge in [0.2, 0.25) is 0 Å². The molecule has 6 heteroatoms. The number of carbonyl (C=O) groups excluding carboxylic acids is 1. The van der Waals surface area contributed by atoms with Crippen molar-refractivity contribution in [3.8, 4) is 0 Å². The van der Waals surface area contributed by atoms with E-state index in [1.807, 2.05) is 42.5 Å². The highest BCUT2D eigenvalue weighted by atomic mass is 35.5. The summed E-state index contributed by atoms with van der Waals surface area (Å²) in [7, 11) is 3.06. The zero-order valence-electron chi connectivity index (χ0n) is 13.7. The van der Waals surface area contributed by atoms with E-state index >= 15 is 0 Å².